The average molecular weight is 490 g/mol. The first-order valence-corrected chi connectivity index (χ1v) is 11.6. The van der Waals surface area contributed by atoms with Gasteiger partial charge in [-0.05, 0) is 73.4 Å². The third kappa shape index (κ3) is 4.03. The van der Waals surface area contributed by atoms with Crippen molar-refractivity contribution < 1.29 is 4.74 Å². The highest BCUT2D eigenvalue weighted by molar-refractivity contribution is 9.10. The van der Waals surface area contributed by atoms with Crippen LogP contribution < -0.4 is 16.0 Å². The fraction of sp³-hybridized carbons (Fsp3) is 0.375. The lowest BCUT2D eigenvalue weighted by Crippen LogP contribution is -2.48. The quantitative estimate of drug-likeness (QED) is 0.466. The van der Waals surface area contributed by atoms with E-state index in [-0.39, 0.29) is 23.1 Å². The van der Waals surface area contributed by atoms with Crippen molar-refractivity contribution in [1.29, 1.82) is 0 Å². The van der Waals surface area contributed by atoms with E-state index in [1.54, 1.807) is 12.3 Å². The van der Waals surface area contributed by atoms with E-state index in [1.807, 2.05) is 12.1 Å². The second-order valence-electron chi connectivity index (χ2n) is 8.18. The van der Waals surface area contributed by atoms with Crippen molar-refractivity contribution in [2.45, 2.75) is 56.6 Å². The van der Waals surface area contributed by atoms with Crippen LogP contribution >= 0.6 is 27.5 Å². The molecule has 4 rings (SSSR count). The first-order chi connectivity index (χ1) is 14.4. The Balaban J connectivity index is 1.55. The smallest absolute Gasteiger partial charge is 0.255 e. The Morgan fingerprint density at radius 2 is 2.03 bits per heavy atom. The largest absolute Gasteiger partial charge is 0.489 e. The van der Waals surface area contributed by atoms with Gasteiger partial charge in [0.05, 0.1) is 11.1 Å². The van der Waals surface area contributed by atoms with Gasteiger partial charge in [-0.15, -0.1) is 0 Å². The zero-order chi connectivity index (χ0) is 21.3. The second kappa shape index (κ2) is 8.74. The van der Waals surface area contributed by atoms with Crippen LogP contribution in [0.15, 0.2) is 57.9 Å². The summed E-state index contributed by atoms with van der Waals surface area (Å²) in [7, 11) is 0. The predicted octanol–water partition coefficient (Wildman–Crippen LogP) is 5.94. The fourth-order valence-corrected chi connectivity index (χ4v) is 5.35. The molecule has 1 unspecified atom stereocenters. The molecule has 0 spiro atoms. The minimum atomic E-state index is -0.147. The molecule has 0 radical (unpaired) electrons. The highest BCUT2D eigenvalue weighted by Crippen LogP contribution is 2.44. The van der Waals surface area contributed by atoms with Crippen LogP contribution in [0.3, 0.4) is 0 Å². The zero-order valence-corrected chi connectivity index (χ0v) is 19.3. The van der Waals surface area contributed by atoms with Crippen LogP contribution in [0.2, 0.25) is 5.02 Å². The van der Waals surface area contributed by atoms with Gasteiger partial charge in [0.25, 0.3) is 5.56 Å². The SMILES string of the molecule is CCC(N)C1(c2cccc(Br)c2)CCC(Oc2cc3cc[nH]c(=O)c3cc2Cl)CC1. The van der Waals surface area contributed by atoms with E-state index >= 15 is 0 Å². The maximum absolute atomic E-state index is 12.0. The van der Waals surface area contributed by atoms with Crippen molar-refractivity contribution in [3.05, 3.63) is 74.1 Å². The molecule has 1 saturated carbocycles. The molecule has 2 aromatic carbocycles. The number of aromatic nitrogens is 1. The summed E-state index contributed by atoms with van der Waals surface area (Å²) in [6.07, 6.45) is 6.40. The number of ether oxygens (including phenoxy) is 1. The van der Waals surface area contributed by atoms with Gasteiger partial charge in [0.2, 0.25) is 0 Å². The average Bonchev–Trinajstić information content (AvgIpc) is 2.75. The van der Waals surface area contributed by atoms with Gasteiger partial charge < -0.3 is 15.5 Å². The molecule has 0 amide bonds. The molecule has 0 saturated heterocycles. The molecule has 3 N–H and O–H groups in total. The van der Waals surface area contributed by atoms with Crippen LogP contribution in [0.5, 0.6) is 5.75 Å². The number of H-pyrrole nitrogens is 1. The summed E-state index contributed by atoms with van der Waals surface area (Å²) < 4.78 is 7.39. The minimum absolute atomic E-state index is 0.0428. The molecule has 1 aliphatic rings. The van der Waals surface area contributed by atoms with Crippen molar-refractivity contribution >= 4 is 38.3 Å². The van der Waals surface area contributed by atoms with E-state index in [4.69, 9.17) is 22.1 Å². The molecule has 158 valence electrons. The van der Waals surface area contributed by atoms with Crippen molar-refractivity contribution in [2.75, 3.05) is 0 Å². The number of rotatable bonds is 5. The third-order valence-electron chi connectivity index (χ3n) is 6.49. The molecule has 3 aromatic rings. The number of nitrogens with two attached hydrogens (primary N) is 1. The standard InChI is InChI=1S/C24H26BrClN2O2/c1-2-22(27)24(16-4-3-5-17(25)13-16)9-6-18(7-10-24)30-21-12-15-8-11-28-23(29)19(15)14-20(21)26/h3-5,8,11-14,18,22H,2,6-7,9-10,27H2,1H3,(H,28,29). The van der Waals surface area contributed by atoms with E-state index in [0.29, 0.717) is 16.2 Å². The van der Waals surface area contributed by atoms with E-state index in [9.17, 15) is 4.79 Å². The number of fused-ring (bicyclic) bond motifs is 1. The molecule has 30 heavy (non-hydrogen) atoms. The molecule has 1 aromatic heterocycles. The van der Waals surface area contributed by atoms with E-state index in [0.717, 1.165) is 42.0 Å². The summed E-state index contributed by atoms with van der Waals surface area (Å²) in [4.78, 5) is 14.7. The molecule has 0 bridgehead atoms. The van der Waals surface area contributed by atoms with Crippen LogP contribution in [0.4, 0.5) is 0 Å². The number of nitrogens with one attached hydrogen (secondary N) is 1. The Labute approximate surface area is 189 Å². The van der Waals surface area contributed by atoms with Crippen molar-refractivity contribution in [1.82, 2.24) is 4.98 Å². The number of aromatic amines is 1. The van der Waals surface area contributed by atoms with Crippen LogP contribution in [-0.2, 0) is 5.41 Å². The monoisotopic (exact) mass is 488 g/mol. The maximum atomic E-state index is 12.0. The molecule has 1 aliphatic carbocycles. The number of halogens is 2. The van der Waals surface area contributed by atoms with Gasteiger partial charge in [-0.1, -0.05) is 46.6 Å². The lowest BCUT2D eigenvalue weighted by molar-refractivity contribution is 0.104. The van der Waals surface area contributed by atoms with Crippen molar-refractivity contribution in [3.63, 3.8) is 0 Å². The third-order valence-corrected chi connectivity index (χ3v) is 7.28. The Morgan fingerprint density at radius 3 is 2.73 bits per heavy atom. The van der Waals surface area contributed by atoms with Gasteiger partial charge in [-0.2, -0.15) is 0 Å². The normalized spacial score (nSPS) is 22.7. The molecule has 1 fully saturated rings. The first-order valence-electron chi connectivity index (χ1n) is 10.4. The molecule has 1 atom stereocenters. The molecule has 4 nitrogen and oxygen atoms in total. The lowest BCUT2D eigenvalue weighted by atomic mass is 9.64. The summed E-state index contributed by atoms with van der Waals surface area (Å²) in [6, 6.07) is 14.0. The topological polar surface area (TPSA) is 68.1 Å². The van der Waals surface area contributed by atoms with Gasteiger partial charge in [-0.3, -0.25) is 4.79 Å². The number of benzene rings is 2. The number of pyridine rings is 1. The summed E-state index contributed by atoms with van der Waals surface area (Å²) in [5.41, 5.74) is 7.76. The molecule has 6 heteroatoms. The Bertz CT molecular complexity index is 1110. The first kappa shape index (κ1) is 21.4. The Hall–Kier alpha value is -1.82. The van der Waals surface area contributed by atoms with E-state index in [2.05, 4.69) is 52.1 Å². The lowest BCUT2D eigenvalue weighted by Gasteiger charge is -2.44. The van der Waals surface area contributed by atoms with Crippen molar-refractivity contribution in [3.8, 4) is 5.75 Å². The predicted molar refractivity (Wildman–Crippen MR) is 127 cm³/mol. The summed E-state index contributed by atoms with van der Waals surface area (Å²) in [5, 5.41) is 1.86. The molecule has 0 aliphatic heterocycles. The molecular formula is C24H26BrClN2O2. The zero-order valence-electron chi connectivity index (χ0n) is 17.0. The van der Waals surface area contributed by atoms with Crippen LogP contribution in [0.1, 0.15) is 44.6 Å². The summed E-state index contributed by atoms with van der Waals surface area (Å²) in [6.45, 7) is 2.16. The second-order valence-corrected chi connectivity index (χ2v) is 9.50. The number of hydrogen-bond acceptors (Lipinski definition) is 3. The minimum Gasteiger partial charge on any atom is -0.489 e. The summed E-state index contributed by atoms with van der Waals surface area (Å²) in [5.74, 6) is 0.634. The van der Waals surface area contributed by atoms with Gasteiger partial charge in [0, 0.05) is 27.5 Å². The Kier molecular flexibility index (Phi) is 6.24. The highest BCUT2D eigenvalue weighted by Gasteiger charge is 2.41. The van der Waals surface area contributed by atoms with Gasteiger partial charge in [0.15, 0.2) is 0 Å². The van der Waals surface area contributed by atoms with E-state index in [1.165, 1.54) is 5.56 Å². The molecular weight excluding hydrogens is 464 g/mol. The Morgan fingerprint density at radius 1 is 1.27 bits per heavy atom. The van der Waals surface area contributed by atoms with E-state index < -0.39 is 0 Å². The maximum Gasteiger partial charge on any atom is 0.255 e. The molecule has 1 heterocycles. The highest BCUT2D eigenvalue weighted by atomic mass is 79.9. The van der Waals surface area contributed by atoms with Crippen molar-refractivity contribution in [2.24, 2.45) is 5.73 Å². The fourth-order valence-electron chi connectivity index (χ4n) is 4.75. The van der Waals surface area contributed by atoms with Crippen LogP contribution in [-0.4, -0.2) is 17.1 Å². The van der Waals surface area contributed by atoms with Gasteiger partial charge >= 0.3 is 0 Å². The van der Waals surface area contributed by atoms with Gasteiger partial charge in [0.1, 0.15) is 5.75 Å². The van der Waals surface area contributed by atoms with Crippen LogP contribution in [0.25, 0.3) is 10.8 Å². The van der Waals surface area contributed by atoms with Gasteiger partial charge in [-0.25, -0.2) is 0 Å². The van der Waals surface area contributed by atoms with Crippen LogP contribution in [0, 0.1) is 0 Å². The number of hydrogen-bond donors (Lipinski definition) is 2. The summed E-state index contributed by atoms with van der Waals surface area (Å²) >= 11 is 10.0.